The minimum Gasteiger partial charge on any atom is -0.383 e. The van der Waals surface area contributed by atoms with E-state index in [1.165, 1.54) is 0 Å². The van der Waals surface area contributed by atoms with Crippen molar-refractivity contribution in [2.24, 2.45) is 5.73 Å². The lowest BCUT2D eigenvalue weighted by atomic mass is 10.4. The van der Waals surface area contributed by atoms with Gasteiger partial charge in [0, 0.05) is 27.3 Å². The lowest BCUT2D eigenvalue weighted by Gasteiger charge is -2.22. The van der Waals surface area contributed by atoms with Crippen LogP contribution in [0, 0.1) is 0 Å². The molecule has 0 fully saturated rings. The highest BCUT2D eigenvalue weighted by Gasteiger charge is 2.13. The third-order valence-electron chi connectivity index (χ3n) is 2.11. The lowest BCUT2D eigenvalue weighted by Crippen LogP contribution is -2.44. The summed E-state index contributed by atoms with van der Waals surface area (Å²) in [5.74, 6) is -0.530. The Kier molecular flexibility index (Phi) is 9.31. The van der Waals surface area contributed by atoms with E-state index in [2.05, 4.69) is 5.32 Å². The molecule has 17 heavy (non-hydrogen) atoms. The number of nitrogens with one attached hydrogen (secondary N) is 1. The van der Waals surface area contributed by atoms with Crippen LogP contribution < -0.4 is 11.1 Å². The summed E-state index contributed by atoms with van der Waals surface area (Å²) in [6.45, 7) is 1.65. The van der Waals surface area contributed by atoms with Crippen LogP contribution in [0.4, 0.5) is 0 Å². The summed E-state index contributed by atoms with van der Waals surface area (Å²) in [6, 6.07) is 0. The minimum absolute atomic E-state index is 0.0521. The second-order valence-corrected chi connectivity index (χ2v) is 3.35. The third kappa shape index (κ3) is 7.67. The average molecular weight is 247 g/mol. The zero-order valence-electron chi connectivity index (χ0n) is 10.4. The number of methoxy groups -OCH3 is 2. The molecule has 7 nitrogen and oxygen atoms in total. The number of ether oxygens (including phenoxy) is 2. The summed E-state index contributed by atoms with van der Waals surface area (Å²) in [4.78, 5) is 24.2. The molecule has 0 aromatic heterocycles. The van der Waals surface area contributed by atoms with Gasteiger partial charge in [0.2, 0.25) is 11.8 Å². The first-order valence-corrected chi connectivity index (χ1v) is 5.38. The predicted octanol–water partition coefficient (Wildman–Crippen LogP) is -1.82. The fourth-order valence-corrected chi connectivity index (χ4v) is 1.12. The Bertz CT molecular complexity index is 228. The normalized spacial score (nSPS) is 10.1. The zero-order chi connectivity index (χ0) is 13.1. The van der Waals surface area contributed by atoms with Gasteiger partial charge in [-0.05, 0) is 0 Å². The number of hydrogen-bond acceptors (Lipinski definition) is 5. The van der Waals surface area contributed by atoms with Gasteiger partial charge in [-0.2, -0.15) is 0 Å². The van der Waals surface area contributed by atoms with Gasteiger partial charge in [-0.25, -0.2) is 0 Å². The van der Waals surface area contributed by atoms with Crippen molar-refractivity contribution in [2.45, 2.75) is 0 Å². The predicted molar refractivity (Wildman–Crippen MR) is 62.4 cm³/mol. The van der Waals surface area contributed by atoms with Crippen molar-refractivity contribution in [2.75, 3.05) is 53.6 Å². The summed E-state index contributed by atoms with van der Waals surface area (Å²) in [5.41, 5.74) is 5.12. The molecule has 0 rings (SSSR count). The van der Waals surface area contributed by atoms with Crippen molar-refractivity contribution in [1.82, 2.24) is 10.2 Å². The molecule has 0 aromatic carbocycles. The highest BCUT2D eigenvalue weighted by Crippen LogP contribution is 1.90. The molecule has 0 aromatic rings. The number of amides is 2. The van der Waals surface area contributed by atoms with Crippen LogP contribution in [0.1, 0.15) is 0 Å². The zero-order valence-corrected chi connectivity index (χ0v) is 10.4. The second-order valence-electron chi connectivity index (χ2n) is 3.35. The van der Waals surface area contributed by atoms with Crippen LogP contribution in [0.25, 0.3) is 0 Å². The van der Waals surface area contributed by atoms with E-state index in [0.29, 0.717) is 26.3 Å². The number of rotatable bonds is 9. The molecule has 0 saturated carbocycles. The molecule has 0 atom stereocenters. The summed E-state index contributed by atoms with van der Waals surface area (Å²) in [7, 11) is 3.13. The van der Waals surface area contributed by atoms with E-state index in [1.807, 2.05) is 0 Å². The van der Waals surface area contributed by atoms with Gasteiger partial charge in [0.15, 0.2) is 0 Å². The van der Waals surface area contributed by atoms with Crippen LogP contribution >= 0.6 is 0 Å². The molecular formula is C10H21N3O4. The molecule has 0 saturated heterocycles. The Labute approximate surface area is 101 Å². The average Bonchev–Trinajstić information content (AvgIpc) is 2.35. The van der Waals surface area contributed by atoms with Crippen LogP contribution in [0.15, 0.2) is 0 Å². The van der Waals surface area contributed by atoms with Gasteiger partial charge in [-0.15, -0.1) is 0 Å². The minimum atomic E-state index is -0.350. The van der Waals surface area contributed by atoms with Crippen molar-refractivity contribution in [3.05, 3.63) is 0 Å². The van der Waals surface area contributed by atoms with Crippen molar-refractivity contribution >= 4 is 11.8 Å². The van der Waals surface area contributed by atoms with Gasteiger partial charge in [-0.1, -0.05) is 0 Å². The Morgan fingerprint density at radius 2 is 1.71 bits per heavy atom. The van der Waals surface area contributed by atoms with Crippen LogP contribution in [0.3, 0.4) is 0 Å². The molecule has 0 aliphatic heterocycles. The van der Waals surface area contributed by atoms with Crippen LogP contribution in [0.5, 0.6) is 0 Å². The van der Waals surface area contributed by atoms with E-state index in [1.54, 1.807) is 19.1 Å². The van der Waals surface area contributed by atoms with Gasteiger partial charge >= 0.3 is 0 Å². The number of nitrogens with zero attached hydrogens (tertiary/aromatic N) is 1. The Balaban J connectivity index is 4.06. The topological polar surface area (TPSA) is 93.9 Å². The quantitative estimate of drug-likeness (QED) is 0.500. The maximum atomic E-state index is 11.7. The fraction of sp³-hybridized carbons (Fsp3) is 0.800. The largest absolute Gasteiger partial charge is 0.383 e. The van der Waals surface area contributed by atoms with E-state index < -0.39 is 0 Å². The van der Waals surface area contributed by atoms with E-state index in [9.17, 15) is 9.59 Å². The molecule has 0 spiro atoms. The Hall–Kier alpha value is -1.18. The van der Waals surface area contributed by atoms with Gasteiger partial charge in [0.05, 0.1) is 26.3 Å². The molecule has 2 amide bonds. The first-order chi connectivity index (χ1) is 8.15. The van der Waals surface area contributed by atoms with Crippen molar-refractivity contribution in [3.8, 4) is 0 Å². The highest BCUT2D eigenvalue weighted by atomic mass is 16.5. The summed E-state index contributed by atoms with van der Waals surface area (Å²) in [5, 5.41) is 2.43. The first-order valence-electron chi connectivity index (χ1n) is 5.38. The van der Waals surface area contributed by atoms with E-state index in [-0.39, 0.29) is 24.9 Å². The summed E-state index contributed by atoms with van der Waals surface area (Å²) < 4.78 is 9.81. The molecular weight excluding hydrogens is 226 g/mol. The summed E-state index contributed by atoms with van der Waals surface area (Å²) >= 11 is 0. The molecule has 3 N–H and O–H groups in total. The number of carbonyl (C=O) groups excluding carboxylic acids is 2. The number of carbonyl (C=O) groups is 2. The van der Waals surface area contributed by atoms with Crippen molar-refractivity contribution in [3.63, 3.8) is 0 Å². The highest BCUT2D eigenvalue weighted by molar-refractivity contribution is 5.85. The lowest BCUT2D eigenvalue weighted by molar-refractivity contribution is -0.133. The molecule has 0 heterocycles. The number of hydrogen-bond donors (Lipinski definition) is 2. The van der Waals surface area contributed by atoms with Crippen molar-refractivity contribution in [1.29, 1.82) is 0 Å². The maximum Gasteiger partial charge on any atom is 0.242 e. The molecule has 0 aliphatic rings. The van der Waals surface area contributed by atoms with Gasteiger partial charge in [0.1, 0.15) is 0 Å². The Morgan fingerprint density at radius 3 is 2.12 bits per heavy atom. The fourth-order valence-electron chi connectivity index (χ4n) is 1.12. The molecule has 0 unspecified atom stereocenters. The molecule has 0 bridgehead atoms. The van der Waals surface area contributed by atoms with Crippen LogP contribution in [-0.2, 0) is 19.1 Å². The van der Waals surface area contributed by atoms with Crippen LogP contribution in [0.2, 0.25) is 0 Å². The monoisotopic (exact) mass is 247 g/mol. The molecule has 0 radical (unpaired) electrons. The second kappa shape index (κ2) is 10.0. The van der Waals surface area contributed by atoms with E-state index in [0.717, 1.165) is 0 Å². The third-order valence-corrected chi connectivity index (χ3v) is 2.11. The number of nitrogens with two attached hydrogens (primary N) is 1. The molecule has 7 heteroatoms. The SMILES string of the molecule is COCCN(CCOC)C(=O)CNC(=O)CN. The first kappa shape index (κ1) is 15.8. The maximum absolute atomic E-state index is 11.7. The standard InChI is InChI=1S/C10H21N3O4/c1-16-5-3-13(4-6-17-2)10(15)8-12-9(14)7-11/h3-8,11H2,1-2H3,(H,12,14). The van der Waals surface area contributed by atoms with Crippen molar-refractivity contribution < 1.29 is 19.1 Å². The van der Waals surface area contributed by atoms with Gasteiger partial charge in [0.25, 0.3) is 0 Å². The molecule has 0 aliphatic carbocycles. The summed E-state index contributed by atoms with van der Waals surface area (Å²) in [6.07, 6.45) is 0. The van der Waals surface area contributed by atoms with Gasteiger partial charge in [-0.3, -0.25) is 9.59 Å². The van der Waals surface area contributed by atoms with Crippen LogP contribution in [-0.4, -0.2) is 70.3 Å². The van der Waals surface area contributed by atoms with E-state index >= 15 is 0 Å². The van der Waals surface area contributed by atoms with E-state index in [4.69, 9.17) is 15.2 Å². The Morgan fingerprint density at radius 1 is 1.18 bits per heavy atom. The smallest absolute Gasteiger partial charge is 0.242 e. The van der Waals surface area contributed by atoms with Gasteiger partial charge < -0.3 is 25.4 Å². The molecule has 100 valence electrons.